The van der Waals surface area contributed by atoms with Gasteiger partial charge >= 0.3 is 0 Å². The Morgan fingerprint density at radius 2 is 2.11 bits per heavy atom. The van der Waals surface area contributed by atoms with Gasteiger partial charge in [0.1, 0.15) is 0 Å². The molecule has 56 valence electrons. The lowest BCUT2D eigenvalue weighted by Crippen LogP contribution is -2.14. The van der Waals surface area contributed by atoms with Gasteiger partial charge in [-0.2, -0.15) is 0 Å². The van der Waals surface area contributed by atoms with E-state index in [4.69, 9.17) is 27.9 Å². The maximum absolute atomic E-state index is 5.54. The van der Waals surface area contributed by atoms with Crippen molar-refractivity contribution in [1.29, 1.82) is 0 Å². The predicted octanol–water partition coefficient (Wildman–Crippen LogP) is 2.26. The molecule has 0 aliphatic carbocycles. The summed E-state index contributed by atoms with van der Waals surface area (Å²) in [4.78, 5) is 0. The van der Waals surface area contributed by atoms with Gasteiger partial charge in [0, 0.05) is 11.8 Å². The number of hydrogen-bond acceptors (Lipinski definition) is 1. The second-order valence-electron chi connectivity index (χ2n) is 1.74. The van der Waals surface area contributed by atoms with Crippen LogP contribution in [0.4, 0.5) is 0 Å². The standard InChI is InChI=1S/C6H12Cl2O/c1-2-6(5-8)9-4-3-7/h6H,2-5H2,1H3/t6-/m0/s1. The SMILES string of the molecule is CC[C@@H](CCl)OCCCl. The van der Waals surface area contributed by atoms with Crippen LogP contribution in [0.15, 0.2) is 0 Å². The molecule has 0 fully saturated rings. The molecule has 0 aliphatic rings. The van der Waals surface area contributed by atoms with E-state index in [0.717, 1.165) is 6.42 Å². The molecule has 1 nitrogen and oxygen atoms in total. The van der Waals surface area contributed by atoms with Gasteiger partial charge in [-0.15, -0.1) is 23.2 Å². The molecule has 0 bridgehead atoms. The van der Waals surface area contributed by atoms with E-state index in [0.29, 0.717) is 18.4 Å². The molecule has 0 unspecified atom stereocenters. The molecule has 0 rings (SSSR count). The van der Waals surface area contributed by atoms with Crippen LogP contribution in [0.1, 0.15) is 13.3 Å². The Morgan fingerprint density at radius 1 is 1.44 bits per heavy atom. The second-order valence-corrected chi connectivity index (χ2v) is 2.43. The second kappa shape index (κ2) is 6.66. The van der Waals surface area contributed by atoms with Crippen molar-refractivity contribution in [1.82, 2.24) is 0 Å². The molecule has 3 heteroatoms. The highest BCUT2D eigenvalue weighted by Gasteiger charge is 2.01. The molecule has 0 N–H and O–H groups in total. The van der Waals surface area contributed by atoms with E-state index >= 15 is 0 Å². The van der Waals surface area contributed by atoms with Gasteiger partial charge in [-0.25, -0.2) is 0 Å². The summed E-state index contributed by atoms with van der Waals surface area (Å²) in [7, 11) is 0. The molecular weight excluding hydrogens is 159 g/mol. The third-order valence-electron chi connectivity index (χ3n) is 1.06. The third kappa shape index (κ3) is 5.01. The first kappa shape index (κ1) is 9.54. The van der Waals surface area contributed by atoms with E-state index in [2.05, 4.69) is 0 Å². The van der Waals surface area contributed by atoms with E-state index in [1.807, 2.05) is 6.92 Å². The summed E-state index contributed by atoms with van der Waals surface area (Å²) >= 11 is 10.9. The molecule has 0 saturated heterocycles. The Hall–Kier alpha value is 0.540. The zero-order chi connectivity index (χ0) is 7.11. The van der Waals surface area contributed by atoms with Crippen molar-refractivity contribution in [3.8, 4) is 0 Å². The minimum Gasteiger partial charge on any atom is -0.376 e. The van der Waals surface area contributed by atoms with E-state index in [9.17, 15) is 0 Å². The topological polar surface area (TPSA) is 9.23 Å². The van der Waals surface area contributed by atoms with Crippen LogP contribution in [-0.4, -0.2) is 24.5 Å². The van der Waals surface area contributed by atoms with Crippen molar-refractivity contribution in [3.63, 3.8) is 0 Å². The largest absolute Gasteiger partial charge is 0.376 e. The summed E-state index contributed by atoms with van der Waals surface area (Å²) in [6.07, 6.45) is 1.14. The molecule has 0 spiro atoms. The minimum absolute atomic E-state index is 0.186. The zero-order valence-corrected chi connectivity index (χ0v) is 7.08. The molecule has 0 amide bonds. The monoisotopic (exact) mass is 170 g/mol. The first-order chi connectivity index (χ1) is 4.35. The van der Waals surface area contributed by atoms with Gasteiger partial charge in [0.05, 0.1) is 12.7 Å². The molecule has 0 aliphatic heterocycles. The van der Waals surface area contributed by atoms with Gasteiger partial charge in [-0.05, 0) is 6.42 Å². The highest BCUT2D eigenvalue weighted by atomic mass is 35.5. The van der Waals surface area contributed by atoms with E-state index in [1.165, 1.54) is 0 Å². The fourth-order valence-corrected chi connectivity index (χ4v) is 0.879. The van der Waals surface area contributed by atoms with Crippen molar-refractivity contribution < 1.29 is 4.74 Å². The first-order valence-corrected chi connectivity index (χ1v) is 4.15. The summed E-state index contributed by atoms with van der Waals surface area (Å²) < 4.78 is 5.23. The Kier molecular flexibility index (Phi) is 7.06. The van der Waals surface area contributed by atoms with Gasteiger partial charge in [-0.1, -0.05) is 6.92 Å². The molecular formula is C6H12Cl2O. The summed E-state index contributed by atoms with van der Waals surface area (Å²) in [5.74, 6) is 1.11. The molecule has 0 heterocycles. The maximum atomic E-state index is 5.54. The molecule has 0 aromatic rings. The average Bonchev–Trinajstić information content (AvgIpc) is 1.91. The minimum atomic E-state index is 0.186. The lowest BCUT2D eigenvalue weighted by atomic mass is 10.3. The number of ether oxygens (including phenoxy) is 1. The van der Waals surface area contributed by atoms with Crippen LogP contribution < -0.4 is 0 Å². The first-order valence-electron chi connectivity index (χ1n) is 3.08. The zero-order valence-electron chi connectivity index (χ0n) is 5.57. The fourth-order valence-electron chi connectivity index (χ4n) is 0.483. The smallest absolute Gasteiger partial charge is 0.0708 e. The highest BCUT2D eigenvalue weighted by Crippen LogP contribution is 1.99. The predicted molar refractivity (Wildman–Crippen MR) is 41.5 cm³/mol. The van der Waals surface area contributed by atoms with Crippen LogP contribution in [0.3, 0.4) is 0 Å². The van der Waals surface area contributed by atoms with Crippen molar-refractivity contribution in [2.45, 2.75) is 19.4 Å². The van der Waals surface area contributed by atoms with E-state index < -0.39 is 0 Å². The molecule has 9 heavy (non-hydrogen) atoms. The van der Waals surface area contributed by atoms with Crippen LogP contribution in [0.2, 0.25) is 0 Å². The van der Waals surface area contributed by atoms with Crippen molar-refractivity contribution in [2.75, 3.05) is 18.4 Å². The van der Waals surface area contributed by atoms with Crippen molar-refractivity contribution >= 4 is 23.2 Å². The van der Waals surface area contributed by atoms with Crippen LogP contribution in [-0.2, 0) is 4.74 Å². The quantitative estimate of drug-likeness (QED) is 0.576. The third-order valence-corrected chi connectivity index (χ3v) is 1.56. The van der Waals surface area contributed by atoms with Gasteiger partial charge < -0.3 is 4.74 Å². The number of hydrogen-bond donors (Lipinski definition) is 0. The molecule has 0 aromatic heterocycles. The molecule has 0 aromatic carbocycles. The summed E-state index contributed by atoms with van der Waals surface area (Å²) in [6, 6.07) is 0. The molecule has 0 radical (unpaired) electrons. The molecule has 1 atom stereocenters. The number of alkyl halides is 2. The Balaban J connectivity index is 3.09. The Labute approximate surface area is 66.3 Å². The maximum Gasteiger partial charge on any atom is 0.0708 e. The lowest BCUT2D eigenvalue weighted by Gasteiger charge is -2.10. The molecule has 0 saturated carbocycles. The summed E-state index contributed by atoms with van der Waals surface area (Å²) in [6.45, 7) is 2.65. The van der Waals surface area contributed by atoms with E-state index in [-0.39, 0.29) is 6.10 Å². The number of halogens is 2. The number of rotatable bonds is 5. The van der Waals surface area contributed by atoms with Gasteiger partial charge in [0.25, 0.3) is 0 Å². The van der Waals surface area contributed by atoms with Gasteiger partial charge in [0.2, 0.25) is 0 Å². The summed E-state index contributed by atoms with van der Waals surface area (Å²) in [5, 5.41) is 0. The highest BCUT2D eigenvalue weighted by molar-refractivity contribution is 6.18. The lowest BCUT2D eigenvalue weighted by molar-refractivity contribution is 0.0777. The van der Waals surface area contributed by atoms with Crippen LogP contribution >= 0.6 is 23.2 Å². The van der Waals surface area contributed by atoms with Gasteiger partial charge in [0.15, 0.2) is 0 Å². The summed E-state index contributed by atoms with van der Waals surface area (Å²) in [5.41, 5.74) is 0. The van der Waals surface area contributed by atoms with Crippen LogP contribution in [0.25, 0.3) is 0 Å². The van der Waals surface area contributed by atoms with Crippen molar-refractivity contribution in [3.05, 3.63) is 0 Å². The van der Waals surface area contributed by atoms with Gasteiger partial charge in [-0.3, -0.25) is 0 Å². The normalized spacial score (nSPS) is 13.7. The Bertz CT molecular complexity index is 55.0. The Morgan fingerprint density at radius 3 is 2.44 bits per heavy atom. The van der Waals surface area contributed by atoms with Crippen LogP contribution in [0, 0.1) is 0 Å². The average molecular weight is 171 g/mol. The van der Waals surface area contributed by atoms with E-state index in [1.54, 1.807) is 0 Å². The van der Waals surface area contributed by atoms with Crippen molar-refractivity contribution in [2.24, 2.45) is 0 Å². The fraction of sp³-hybridized carbons (Fsp3) is 1.00. The van der Waals surface area contributed by atoms with Crippen LogP contribution in [0.5, 0.6) is 0 Å².